The normalized spacial score (nSPS) is 9.95. The highest BCUT2D eigenvalue weighted by Crippen LogP contribution is 2.09. The lowest BCUT2D eigenvalue weighted by Crippen LogP contribution is -2.43. The van der Waals surface area contributed by atoms with Crippen molar-refractivity contribution in [2.24, 2.45) is 0 Å². The van der Waals surface area contributed by atoms with Crippen LogP contribution in [0.2, 0.25) is 0 Å². The Morgan fingerprint density at radius 3 is 2.36 bits per heavy atom. The zero-order valence-electron chi connectivity index (χ0n) is 11.6. The Bertz CT molecular complexity index is 704. The maximum Gasteiger partial charge on any atom is 0.269 e. The van der Waals surface area contributed by atoms with Gasteiger partial charge in [0.25, 0.3) is 5.91 Å². The number of carbonyl (C=O) groups is 1. The van der Waals surface area contributed by atoms with E-state index in [1.807, 2.05) is 0 Å². The van der Waals surface area contributed by atoms with Crippen molar-refractivity contribution >= 4 is 28.9 Å². The fraction of sp³-hybridized carbons (Fsp3) is 0.0667. The summed E-state index contributed by atoms with van der Waals surface area (Å²) in [5.41, 5.74) is 6.01. The van der Waals surface area contributed by atoms with Crippen molar-refractivity contribution < 1.29 is 13.6 Å². The monoisotopic (exact) mass is 321 g/mol. The molecule has 0 saturated heterocycles. The van der Waals surface area contributed by atoms with E-state index in [0.29, 0.717) is 11.3 Å². The molecule has 1 amide bonds. The average Bonchev–Trinajstić information content (AvgIpc) is 2.50. The number of hydrazine groups is 1. The molecule has 0 radical (unpaired) electrons. The summed E-state index contributed by atoms with van der Waals surface area (Å²) in [7, 11) is 0. The van der Waals surface area contributed by atoms with Crippen LogP contribution in [-0.4, -0.2) is 11.0 Å². The molecule has 0 aromatic heterocycles. The summed E-state index contributed by atoms with van der Waals surface area (Å²) in [4.78, 5) is 11.8. The van der Waals surface area contributed by atoms with Crippen molar-refractivity contribution in [3.8, 4) is 0 Å². The molecule has 0 aliphatic rings. The minimum atomic E-state index is -0.526. The van der Waals surface area contributed by atoms with E-state index in [0.717, 1.165) is 6.07 Å². The third-order valence-corrected chi connectivity index (χ3v) is 3.03. The van der Waals surface area contributed by atoms with Crippen LogP contribution in [0.3, 0.4) is 0 Å². The highest BCUT2D eigenvalue weighted by molar-refractivity contribution is 7.80. The molecule has 22 heavy (non-hydrogen) atoms. The van der Waals surface area contributed by atoms with Crippen molar-refractivity contribution in [3.63, 3.8) is 0 Å². The van der Waals surface area contributed by atoms with Crippen LogP contribution in [0.5, 0.6) is 0 Å². The third-order valence-electron chi connectivity index (χ3n) is 2.83. The number of anilines is 1. The van der Waals surface area contributed by atoms with Gasteiger partial charge in [0, 0.05) is 11.3 Å². The Morgan fingerprint density at radius 2 is 1.73 bits per heavy atom. The first-order valence-corrected chi connectivity index (χ1v) is 6.75. The van der Waals surface area contributed by atoms with Crippen LogP contribution in [0.4, 0.5) is 14.5 Å². The molecule has 0 saturated carbocycles. The summed E-state index contributed by atoms with van der Waals surface area (Å²) in [6.45, 7) is 1.61. The molecule has 0 aliphatic heterocycles. The molecule has 3 N–H and O–H groups in total. The predicted octanol–water partition coefficient (Wildman–Crippen LogP) is 2.90. The Labute approximate surface area is 131 Å². The number of amides is 1. The van der Waals surface area contributed by atoms with Crippen LogP contribution in [0, 0.1) is 18.6 Å². The van der Waals surface area contributed by atoms with E-state index in [1.54, 1.807) is 6.92 Å². The summed E-state index contributed by atoms with van der Waals surface area (Å²) >= 11 is 4.98. The second-order valence-electron chi connectivity index (χ2n) is 4.50. The first-order valence-electron chi connectivity index (χ1n) is 6.35. The zero-order chi connectivity index (χ0) is 16.1. The molecular formula is C15H13F2N3OS. The SMILES string of the molecule is Cc1ccc(C(=O)NNC(=S)Nc2ccc(F)cc2)cc1F. The first kappa shape index (κ1) is 15.8. The van der Waals surface area contributed by atoms with E-state index in [4.69, 9.17) is 12.2 Å². The zero-order valence-corrected chi connectivity index (χ0v) is 12.4. The largest absolute Gasteiger partial charge is 0.331 e. The second kappa shape index (κ2) is 6.95. The van der Waals surface area contributed by atoms with Crippen LogP contribution in [0.15, 0.2) is 42.5 Å². The first-order chi connectivity index (χ1) is 10.5. The molecule has 0 unspecified atom stereocenters. The Kier molecular flexibility index (Phi) is 5.00. The smallest absolute Gasteiger partial charge is 0.269 e. The molecule has 0 spiro atoms. The molecule has 4 nitrogen and oxygen atoms in total. The number of benzene rings is 2. The lowest BCUT2D eigenvalue weighted by molar-refractivity contribution is 0.0943. The molecule has 2 rings (SSSR count). The van der Waals surface area contributed by atoms with Crippen LogP contribution >= 0.6 is 12.2 Å². The van der Waals surface area contributed by atoms with Crippen LogP contribution in [-0.2, 0) is 0 Å². The molecule has 0 heterocycles. The van der Waals surface area contributed by atoms with Gasteiger partial charge in [0.05, 0.1) is 0 Å². The van der Waals surface area contributed by atoms with E-state index in [1.165, 1.54) is 36.4 Å². The average molecular weight is 321 g/mol. The molecule has 2 aromatic carbocycles. The number of hydrogen-bond donors (Lipinski definition) is 3. The van der Waals surface area contributed by atoms with E-state index in [9.17, 15) is 13.6 Å². The summed E-state index contributed by atoms with van der Waals surface area (Å²) < 4.78 is 26.2. The molecule has 0 bridgehead atoms. The van der Waals surface area contributed by atoms with Gasteiger partial charge in [0.15, 0.2) is 5.11 Å². The highest BCUT2D eigenvalue weighted by Gasteiger charge is 2.08. The molecular weight excluding hydrogens is 308 g/mol. The molecule has 2 aromatic rings. The minimum Gasteiger partial charge on any atom is -0.331 e. The van der Waals surface area contributed by atoms with Gasteiger partial charge in [-0.2, -0.15) is 0 Å². The van der Waals surface area contributed by atoms with Crippen molar-refractivity contribution in [2.45, 2.75) is 6.92 Å². The van der Waals surface area contributed by atoms with Gasteiger partial charge in [0.1, 0.15) is 11.6 Å². The van der Waals surface area contributed by atoms with Gasteiger partial charge in [0.2, 0.25) is 0 Å². The topological polar surface area (TPSA) is 53.2 Å². The van der Waals surface area contributed by atoms with Gasteiger partial charge < -0.3 is 5.32 Å². The van der Waals surface area contributed by atoms with Crippen LogP contribution in [0.1, 0.15) is 15.9 Å². The summed E-state index contributed by atoms with van der Waals surface area (Å²) in [6, 6.07) is 9.71. The van der Waals surface area contributed by atoms with Crippen molar-refractivity contribution in [3.05, 3.63) is 65.2 Å². The van der Waals surface area contributed by atoms with E-state index in [2.05, 4.69) is 16.2 Å². The van der Waals surface area contributed by atoms with Crippen molar-refractivity contribution in [2.75, 3.05) is 5.32 Å². The van der Waals surface area contributed by atoms with Crippen LogP contribution in [0.25, 0.3) is 0 Å². The summed E-state index contributed by atoms with van der Waals surface area (Å²) in [5.74, 6) is -1.35. The second-order valence-corrected chi connectivity index (χ2v) is 4.91. The van der Waals surface area contributed by atoms with Crippen molar-refractivity contribution in [1.29, 1.82) is 0 Å². The molecule has 114 valence electrons. The van der Waals surface area contributed by atoms with Gasteiger partial charge in [-0.1, -0.05) is 6.07 Å². The number of thiocarbonyl (C=S) groups is 1. The Balaban J connectivity index is 1.88. The number of rotatable bonds is 2. The fourth-order valence-electron chi connectivity index (χ4n) is 1.62. The summed E-state index contributed by atoms with van der Waals surface area (Å²) in [6.07, 6.45) is 0. The fourth-order valence-corrected chi connectivity index (χ4v) is 1.78. The lowest BCUT2D eigenvalue weighted by Gasteiger charge is -2.11. The number of nitrogens with one attached hydrogen (secondary N) is 3. The standard InChI is InChI=1S/C15H13F2N3OS/c1-9-2-3-10(8-13(9)17)14(21)19-20-15(22)18-12-6-4-11(16)5-7-12/h2-8H,1H3,(H,19,21)(H2,18,20,22). The number of halogens is 2. The van der Waals surface area contributed by atoms with E-state index < -0.39 is 11.7 Å². The minimum absolute atomic E-state index is 0.118. The summed E-state index contributed by atoms with van der Waals surface area (Å²) in [5, 5.41) is 2.88. The number of hydrogen-bond acceptors (Lipinski definition) is 2. The predicted molar refractivity (Wildman–Crippen MR) is 84.4 cm³/mol. The quantitative estimate of drug-likeness (QED) is 0.588. The van der Waals surface area contributed by atoms with Gasteiger partial charge in [-0.25, -0.2) is 8.78 Å². The van der Waals surface area contributed by atoms with E-state index in [-0.39, 0.29) is 16.5 Å². The van der Waals surface area contributed by atoms with Gasteiger partial charge in [-0.05, 0) is 61.1 Å². The molecule has 7 heteroatoms. The van der Waals surface area contributed by atoms with Gasteiger partial charge in [-0.3, -0.25) is 15.6 Å². The maximum absolute atomic E-state index is 13.4. The highest BCUT2D eigenvalue weighted by atomic mass is 32.1. The Hall–Kier alpha value is -2.54. The van der Waals surface area contributed by atoms with Crippen molar-refractivity contribution in [1.82, 2.24) is 10.9 Å². The van der Waals surface area contributed by atoms with E-state index >= 15 is 0 Å². The maximum atomic E-state index is 13.4. The molecule has 0 aliphatic carbocycles. The number of aryl methyl sites for hydroxylation is 1. The molecule has 0 atom stereocenters. The lowest BCUT2D eigenvalue weighted by atomic mass is 10.1. The molecule has 0 fully saturated rings. The van der Waals surface area contributed by atoms with Crippen LogP contribution < -0.4 is 16.2 Å². The van der Waals surface area contributed by atoms with Gasteiger partial charge in [-0.15, -0.1) is 0 Å². The van der Waals surface area contributed by atoms with Gasteiger partial charge >= 0.3 is 0 Å². The number of carbonyl (C=O) groups excluding carboxylic acids is 1. The third kappa shape index (κ3) is 4.23. The Morgan fingerprint density at radius 1 is 1.05 bits per heavy atom.